The summed E-state index contributed by atoms with van der Waals surface area (Å²) < 4.78 is 0. The van der Waals surface area contributed by atoms with Gasteiger partial charge in [-0.05, 0) is 38.3 Å². The van der Waals surface area contributed by atoms with Crippen molar-refractivity contribution in [1.82, 2.24) is 0 Å². The third-order valence-corrected chi connectivity index (χ3v) is 3.39. The van der Waals surface area contributed by atoms with E-state index >= 15 is 0 Å². The van der Waals surface area contributed by atoms with Gasteiger partial charge in [-0.1, -0.05) is 17.7 Å². The summed E-state index contributed by atoms with van der Waals surface area (Å²) in [6, 6.07) is 8.11. The lowest BCUT2D eigenvalue weighted by Crippen LogP contribution is -2.33. The van der Waals surface area contributed by atoms with Crippen LogP contribution in [0.2, 0.25) is 0 Å². The van der Waals surface area contributed by atoms with Crippen molar-refractivity contribution in [3.63, 3.8) is 0 Å². The Bertz CT molecular complexity index is 509. The molecule has 1 aliphatic rings. The zero-order chi connectivity index (χ0) is 12.6. The van der Waals surface area contributed by atoms with Gasteiger partial charge in [0.2, 0.25) is 5.91 Å². The molecule has 1 aromatic carbocycles. The second-order valence-electron chi connectivity index (χ2n) is 4.85. The first-order valence-corrected chi connectivity index (χ1v) is 5.77. The Morgan fingerprint density at radius 1 is 1.41 bits per heavy atom. The molecule has 1 saturated carbocycles. The molecule has 0 heterocycles. The van der Waals surface area contributed by atoms with E-state index in [0.29, 0.717) is 12.8 Å². The molecule has 2 rings (SSSR count). The van der Waals surface area contributed by atoms with E-state index in [0.717, 1.165) is 11.3 Å². The lowest BCUT2D eigenvalue weighted by atomic mass is 10.1. The van der Waals surface area contributed by atoms with E-state index in [4.69, 9.17) is 5.26 Å². The highest BCUT2D eigenvalue weighted by atomic mass is 16.2. The Kier molecular flexibility index (Phi) is 2.66. The largest absolute Gasteiger partial charge is 0.314 e. The van der Waals surface area contributed by atoms with Crippen LogP contribution in [-0.2, 0) is 4.79 Å². The maximum atomic E-state index is 12.2. The number of benzene rings is 1. The first kappa shape index (κ1) is 11.7. The number of anilines is 1. The second-order valence-corrected chi connectivity index (χ2v) is 4.85. The number of amides is 1. The molecule has 0 unspecified atom stereocenters. The van der Waals surface area contributed by atoms with E-state index < -0.39 is 5.41 Å². The van der Waals surface area contributed by atoms with Crippen LogP contribution >= 0.6 is 0 Å². The van der Waals surface area contributed by atoms with Crippen LogP contribution in [0.3, 0.4) is 0 Å². The Labute approximate surface area is 102 Å². The van der Waals surface area contributed by atoms with Crippen molar-refractivity contribution in [3.05, 3.63) is 29.3 Å². The van der Waals surface area contributed by atoms with Gasteiger partial charge in [0.15, 0.2) is 0 Å². The van der Waals surface area contributed by atoms with Gasteiger partial charge >= 0.3 is 0 Å². The molecule has 1 aliphatic carbocycles. The average molecular weight is 228 g/mol. The molecule has 0 N–H and O–H groups in total. The van der Waals surface area contributed by atoms with Crippen molar-refractivity contribution < 1.29 is 4.79 Å². The van der Waals surface area contributed by atoms with Crippen LogP contribution in [0.25, 0.3) is 0 Å². The lowest BCUT2D eigenvalue weighted by molar-refractivity contribution is -0.121. The van der Waals surface area contributed by atoms with Crippen LogP contribution in [0, 0.1) is 30.6 Å². The highest BCUT2D eigenvalue weighted by molar-refractivity contribution is 6.01. The summed E-state index contributed by atoms with van der Waals surface area (Å²) in [7, 11) is 1.75. The fourth-order valence-corrected chi connectivity index (χ4v) is 2.11. The van der Waals surface area contributed by atoms with Gasteiger partial charge in [0.25, 0.3) is 0 Å². The van der Waals surface area contributed by atoms with E-state index in [1.165, 1.54) is 5.56 Å². The monoisotopic (exact) mass is 228 g/mol. The van der Waals surface area contributed by atoms with Crippen LogP contribution in [-0.4, -0.2) is 13.0 Å². The molecule has 88 valence electrons. The Hall–Kier alpha value is -1.82. The topological polar surface area (TPSA) is 44.1 Å². The van der Waals surface area contributed by atoms with E-state index in [-0.39, 0.29) is 5.91 Å². The smallest absolute Gasteiger partial charge is 0.247 e. The number of carbonyl (C=O) groups is 1. The predicted molar refractivity (Wildman–Crippen MR) is 66.6 cm³/mol. The first-order chi connectivity index (χ1) is 8.00. The van der Waals surface area contributed by atoms with Crippen molar-refractivity contribution in [1.29, 1.82) is 5.26 Å². The summed E-state index contributed by atoms with van der Waals surface area (Å²) in [6.07, 6.45) is 1.38. The van der Waals surface area contributed by atoms with Gasteiger partial charge in [-0.2, -0.15) is 5.26 Å². The summed E-state index contributed by atoms with van der Waals surface area (Å²) in [6.45, 7) is 4.01. The number of nitriles is 1. The Balaban J connectivity index is 2.29. The van der Waals surface area contributed by atoms with E-state index in [1.54, 1.807) is 11.9 Å². The molecule has 0 aromatic heterocycles. The number of hydrogen-bond donors (Lipinski definition) is 0. The number of aryl methyl sites for hydroxylation is 2. The maximum Gasteiger partial charge on any atom is 0.247 e. The van der Waals surface area contributed by atoms with Crippen LogP contribution in [0.15, 0.2) is 18.2 Å². The van der Waals surface area contributed by atoms with Gasteiger partial charge in [-0.25, -0.2) is 0 Å². The molecule has 0 radical (unpaired) electrons. The minimum Gasteiger partial charge on any atom is -0.314 e. The molecule has 1 amide bonds. The van der Waals surface area contributed by atoms with Crippen molar-refractivity contribution in [2.24, 2.45) is 5.41 Å². The average Bonchev–Trinajstić information content (AvgIpc) is 3.08. The lowest BCUT2D eigenvalue weighted by Gasteiger charge is -2.22. The highest BCUT2D eigenvalue weighted by Crippen LogP contribution is 2.47. The highest BCUT2D eigenvalue weighted by Gasteiger charge is 2.52. The molecule has 0 atom stereocenters. The zero-order valence-corrected chi connectivity index (χ0v) is 10.4. The van der Waals surface area contributed by atoms with Crippen molar-refractivity contribution >= 4 is 11.6 Å². The molecule has 0 bridgehead atoms. The third-order valence-electron chi connectivity index (χ3n) is 3.39. The Morgan fingerprint density at radius 2 is 2.06 bits per heavy atom. The van der Waals surface area contributed by atoms with E-state index in [2.05, 4.69) is 6.07 Å². The summed E-state index contributed by atoms with van der Waals surface area (Å²) in [5, 5.41) is 9.04. The molecular formula is C14H16N2O. The molecule has 1 aromatic rings. The third kappa shape index (κ3) is 1.91. The van der Waals surface area contributed by atoms with Crippen molar-refractivity contribution in [2.45, 2.75) is 26.7 Å². The molecule has 0 aliphatic heterocycles. The quantitative estimate of drug-likeness (QED) is 0.780. The fourth-order valence-electron chi connectivity index (χ4n) is 2.11. The van der Waals surface area contributed by atoms with Gasteiger partial charge in [0.1, 0.15) is 5.41 Å². The van der Waals surface area contributed by atoms with E-state index in [9.17, 15) is 4.79 Å². The summed E-state index contributed by atoms with van der Waals surface area (Å²) in [4.78, 5) is 13.8. The van der Waals surface area contributed by atoms with Crippen LogP contribution in [0.1, 0.15) is 24.0 Å². The normalized spacial score (nSPS) is 16.1. The number of rotatable bonds is 2. The van der Waals surface area contributed by atoms with Crippen molar-refractivity contribution in [3.8, 4) is 6.07 Å². The number of hydrogen-bond acceptors (Lipinski definition) is 2. The van der Waals surface area contributed by atoms with Crippen LogP contribution in [0.5, 0.6) is 0 Å². The second kappa shape index (κ2) is 3.89. The standard InChI is InChI=1S/C14H16N2O/c1-10-4-5-12(11(2)8-10)16(3)13(17)14(9-15)6-7-14/h4-5,8H,6-7H2,1-3H3. The van der Waals surface area contributed by atoms with Crippen LogP contribution < -0.4 is 4.90 Å². The first-order valence-electron chi connectivity index (χ1n) is 5.77. The minimum absolute atomic E-state index is 0.0769. The Morgan fingerprint density at radius 3 is 2.53 bits per heavy atom. The zero-order valence-electron chi connectivity index (χ0n) is 10.4. The SMILES string of the molecule is Cc1ccc(N(C)C(=O)C2(C#N)CC2)c(C)c1. The van der Waals surface area contributed by atoms with Crippen LogP contribution in [0.4, 0.5) is 5.69 Å². The van der Waals surface area contributed by atoms with Gasteiger partial charge in [-0.15, -0.1) is 0 Å². The molecule has 0 spiro atoms. The summed E-state index contributed by atoms with van der Waals surface area (Å²) >= 11 is 0. The molecule has 0 saturated heterocycles. The molecule has 3 nitrogen and oxygen atoms in total. The van der Waals surface area contributed by atoms with Gasteiger partial charge < -0.3 is 4.90 Å². The predicted octanol–water partition coefficient (Wildman–Crippen LogP) is 2.57. The minimum atomic E-state index is -0.744. The summed E-state index contributed by atoms with van der Waals surface area (Å²) in [5.41, 5.74) is 2.39. The molecule has 17 heavy (non-hydrogen) atoms. The van der Waals surface area contributed by atoms with Gasteiger partial charge in [-0.3, -0.25) is 4.79 Å². The van der Waals surface area contributed by atoms with Gasteiger partial charge in [0.05, 0.1) is 6.07 Å². The number of carbonyl (C=O) groups excluding carboxylic acids is 1. The maximum absolute atomic E-state index is 12.2. The molecular weight excluding hydrogens is 212 g/mol. The number of nitrogens with zero attached hydrogens (tertiary/aromatic N) is 2. The van der Waals surface area contributed by atoms with Crippen molar-refractivity contribution in [2.75, 3.05) is 11.9 Å². The fraction of sp³-hybridized carbons (Fsp3) is 0.429. The molecule has 1 fully saturated rings. The van der Waals surface area contributed by atoms with Gasteiger partial charge in [0, 0.05) is 12.7 Å². The molecule has 3 heteroatoms. The summed E-state index contributed by atoms with van der Waals surface area (Å²) in [5.74, 6) is -0.0769. The van der Waals surface area contributed by atoms with E-state index in [1.807, 2.05) is 32.0 Å².